The van der Waals surface area contributed by atoms with Gasteiger partial charge in [-0.2, -0.15) is 8.42 Å². The second kappa shape index (κ2) is 4.73. The molecule has 0 saturated carbocycles. The SMILES string of the molecule is Cn1cnc(S(=O)(=O)Nc2ccc(C(=O)O)cc2)c1. The van der Waals surface area contributed by atoms with E-state index >= 15 is 0 Å². The van der Waals surface area contributed by atoms with E-state index in [9.17, 15) is 13.2 Å². The van der Waals surface area contributed by atoms with Gasteiger partial charge >= 0.3 is 5.97 Å². The highest BCUT2D eigenvalue weighted by Gasteiger charge is 2.17. The van der Waals surface area contributed by atoms with Crippen LogP contribution in [0.4, 0.5) is 5.69 Å². The minimum atomic E-state index is -3.75. The second-order valence-electron chi connectivity index (χ2n) is 3.87. The highest BCUT2D eigenvalue weighted by Crippen LogP contribution is 2.15. The fourth-order valence-corrected chi connectivity index (χ4v) is 2.46. The third-order valence-electron chi connectivity index (χ3n) is 2.34. The maximum atomic E-state index is 11.9. The summed E-state index contributed by atoms with van der Waals surface area (Å²) >= 11 is 0. The van der Waals surface area contributed by atoms with Crippen LogP contribution in [0, 0.1) is 0 Å². The average Bonchev–Trinajstić information content (AvgIpc) is 2.77. The molecule has 2 rings (SSSR count). The van der Waals surface area contributed by atoms with Crippen LogP contribution in [0.1, 0.15) is 10.4 Å². The smallest absolute Gasteiger partial charge is 0.335 e. The van der Waals surface area contributed by atoms with Crippen LogP contribution in [0.3, 0.4) is 0 Å². The van der Waals surface area contributed by atoms with E-state index in [1.807, 2.05) is 0 Å². The van der Waals surface area contributed by atoms with Gasteiger partial charge in [-0.05, 0) is 24.3 Å². The van der Waals surface area contributed by atoms with Crippen molar-refractivity contribution in [3.8, 4) is 0 Å². The maximum absolute atomic E-state index is 11.9. The number of aromatic nitrogens is 2. The molecular formula is C11H11N3O4S. The Morgan fingerprint density at radius 1 is 1.32 bits per heavy atom. The van der Waals surface area contributed by atoms with Crippen molar-refractivity contribution in [3.05, 3.63) is 42.4 Å². The third-order valence-corrected chi connectivity index (χ3v) is 3.61. The lowest BCUT2D eigenvalue weighted by Crippen LogP contribution is -2.13. The number of nitrogens with zero attached hydrogens (tertiary/aromatic N) is 2. The molecule has 0 radical (unpaired) electrons. The Kier molecular flexibility index (Phi) is 3.26. The van der Waals surface area contributed by atoms with Gasteiger partial charge in [-0.25, -0.2) is 9.78 Å². The molecule has 2 N–H and O–H groups in total. The quantitative estimate of drug-likeness (QED) is 0.867. The van der Waals surface area contributed by atoms with Crippen molar-refractivity contribution in [2.24, 2.45) is 7.05 Å². The van der Waals surface area contributed by atoms with Crippen molar-refractivity contribution in [1.29, 1.82) is 0 Å². The number of carbonyl (C=O) groups is 1. The molecule has 2 aromatic rings. The zero-order valence-electron chi connectivity index (χ0n) is 9.94. The lowest BCUT2D eigenvalue weighted by molar-refractivity contribution is 0.0697. The van der Waals surface area contributed by atoms with E-state index in [2.05, 4.69) is 9.71 Å². The predicted molar refractivity (Wildman–Crippen MR) is 67.4 cm³/mol. The standard InChI is InChI=1S/C11H11N3O4S/c1-14-6-10(12-7-14)19(17,18)13-9-4-2-8(3-5-9)11(15)16/h2-7,13H,1H3,(H,15,16). The van der Waals surface area contributed by atoms with Crippen molar-refractivity contribution in [2.75, 3.05) is 4.72 Å². The van der Waals surface area contributed by atoms with Crippen LogP contribution in [0.5, 0.6) is 0 Å². The first-order chi connectivity index (χ1) is 8.88. The van der Waals surface area contributed by atoms with Crippen molar-refractivity contribution in [1.82, 2.24) is 9.55 Å². The van der Waals surface area contributed by atoms with Crippen LogP contribution in [-0.4, -0.2) is 29.0 Å². The minimum Gasteiger partial charge on any atom is -0.478 e. The lowest BCUT2D eigenvalue weighted by atomic mass is 10.2. The first-order valence-corrected chi connectivity index (χ1v) is 6.71. The largest absolute Gasteiger partial charge is 0.478 e. The molecule has 0 spiro atoms. The zero-order valence-corrected chi connectivity index (χ0v) is 10.8. The van der Waals surface area contributed by atoms with E-state index in [1.54, 1.807) is 7.05 Å². The van der Waals surface area contributed by atoms with E-state index < -0.39 is 16.0 Å². The Labute approximate surface area is 109 Å². The van der Waals surface area contributed by atoms with Crippen molar-refractivity contribution >= 4 is 21.7 Å². The molecule has 1 heterocycles. The molecule has 100 valence electrons. The number of imidazole rings is 1. The van der Waals surface area contributed by atoms with Gasteiger partial charge in [0.25, 0.3) is 10.0 Å². The number of nitrogens with one attached hydrogen (secondary N) is 1. The summed E-state index contributed by atoms with van der Waals surface area (Å²) in [5.41, 5.74) is 0.358. The molecule has 1 aromatic heterocycles. The number of aryl methyl sites for hydroxylation is 1. The fourth-order valence-electron chi connectivity index (χ4n) is 1.42. The van der Waals surface area contributed by atoms with Crippen LogP contribution < -0.4 is 4.72 Å². The van der Waals surface area contributed by atoms with Gasteiger partial charge in [-0.15, -0.1) is 0 Å². The summed E-state index contributed by atoms with van der Waals surface area (Å²) in [6, 6.07) is 5.39. The fraction of sp³-hybridized carbons (Fsp3) is 0.0909. The molecule has 0 atom stereocenters. The Morgan fingerprint density at radius 2 is 1.95 bits per heavy atom. The molecule has 19 heavy (non-hydrogen) atoms. The molecule has 1 aromatic carbocycles. The van der Waals surface area contributed by atoms with Gasteiger partial charge < -0.3 is 9.67 Å². The van der Waals surface area contributed by atoms with E-state index in [1.165, 1.54) is 41.4 Å². The van der Waals surface area contributed by atoms with Crippen molar-refractivity contribution in [3.63, 3.8) is 0 Å². The highest BCUT2D eigenvalue weighted by molar-refractivity contribution is 7.92. The zero-order chi connectivity index (χ0) is 14.0. The summed E-state index contributed by atoms with van der Waals surface area (Å²) in [7, 11) is -2.09. The van der Waals surface area contributed by atoms with E-state index in [4.69, 9.17) is 5.11 Å². The van der Waals surface area contributed by atoms with Crippen LogP contribution in [0.2, 0.25) is 0 Å². The summed E-state index contributed by atoms with van der Waals surface area (Å²) < 4.78 is 27.7. The number of aromatic carboxylic acids is 1. The summed E-state index contributed by atoms with van der Waals surface area (Å²) in [6.45, 7) is 0. The molecule has 0 saturated heterocycles. The second-order valence-corrected chi connectivity index (χ2v) is 5.49. The van der Waals surface area contributed by atoms with Gasteiger partial charge in [-0.3, -0.25) is 4.72 Å². The monoisotopic (exact) mass is 281 g/mol. The summed E-state index contributed by atoms with van der Waals surface area (Å²) in [4.78, 5) is 14.4. The molecule has 0 bridgehead atoms. The summed E-state index contributed by atoms with van der Waals surface area (Å²) in [6.07, 6.45) is 2.75. The van der Waals surface area contributed by atoms with Gasteiger partial charge in [0.2, 0.25) is 0 Å². The van der Waals surface area contributed by atoms with Crippen molar-refractivity contribution < 1.29 is 18.3 Å². The van der Waals surface area contributed by atoms with Crippen molar-refractivity contribution in [2.45, 2.75) is 5.03 Å². The Bertz CT molecular complexity index is 704. The van der Waals surface area contributed by atoms with Gasteiger partial charge in [0.15, 0.2) is 5.03 Å². The van der Waals surface area contributed by atoms with Gasteiger partial charge in [0, 0.05) is 18.9 Å². The Morgan fingerprint density at radius 3 is 2.42 bits per heavy atom. The molecule has 7 nitrogen and oxygen atoms in total. The molecule has 0 aliphatic carbocycles. The number of rotatable bonds is 4. The number of hydrogen-bond acceptors (Lipinski definition) is 4. The van der Waals surface area contributed by atoms with Crippen LogP contribution in [-0.2, 0) is 17.1 Å². The Hall–Kier alpha value is -2.35. The maximum Gasteiger partial charge on any atom is 0.335 e. The summed E-state index contributed by atoms with van der Waals surface area (Å²) in [5.74, 6) is -1.07. The molecule has 0 aliphatic rings. The molecule has 0 aliphatic heterocycles. The molecule has 0 amide bonds. The number of anilines is 1. The van der Waals surface area contributed by atoms with E-state index in [-0.39, 0.29) is 16.3 Å². The molecule has 0 unspecified atom stereocenters. The first kappa shape index (κ1) is 13.1. The molecule has 8 heteroatoms. The number of sulfonamides is 1. The third kappa shape index (κ3) is 2.91. The topological polar surface area (TPSA) is 101 Å². The number of hydrogen-bond donors (Lipinski definition) is 2. The lowest BCUT2D eigenvalue weighted by Gasteiger charge is -2.05. The normalized spacial score (nSPS) is 11.2. The number of carboxylic acids is 1. The van der Waals surface area contributed by atoms with Crippen LogP contribution in [0.15, 0.2) is 41.8 Å². The highest BCUT2D eigenvalue weighted by atomic mass is 32.2. The number of carboxylic acid groups (broad SMARTS) is 1. The van der Waals surface area contributed by atoms with Crippen LogP contribution >= 0.6 is 0 Å². The minimum absolute atomic E-state index is 0.0841. The van der Waals surface area contributed by atoms with Gasteiger partial charge in [0.1, 0.15) is 0 Å². The van der Waals surface area contributed by atoms with Gasteiger partial charge in [-0.1, -0.05) is 0 Å². The molecular weight excluding hydrogens is 270 g/mol. The predicted octanol–water partition coefficient (Wildman–Crippen LogP) is 0.919. The van der Waals surface area contributed by atoms with E-state index in [0.29, 0.717) is 0 Å². The first-order valence-electron chi connectivity index (χ1n) is 5.22. The average molecular weight is 281 g/mol. The van der Waals surface area contributed by atoms with E-state index in [0.717, 1.165) is 0 Å². The Balaban J connectivity index is 2.23. The van der Waals surface area contributed by atoms with Gasteiger partial charge in [0.05, 0.1) is 11.9 Å². The molecule has 0 fully saturated rings. The summed E-state index contributed by atoms with van der Waals surface area (Å²) in [5, 5.41) is 8.64. The van der Waals surface area contributed by atoms with Crippen LogP contribution in [0.25, 0.3) is 0 Å². The number of benzene rings is 1.